The van der Waals surface area contributed by atoms with Gasteiger partial charge in [-0.25, -0.2) is 4.79 Å². The highest BCUT2D eigenvalue weighted by Crippen LogP contribution is 2.32. The molecule has 0 N–H and O–H groups in total. The number of carbonyl (C=O) groups excluding carboxylic acids is 2. The van der Waals surface area contributed by atoms with E-state index in [4.69, 9.17) is 27.9 Å². The lowest BCUT2D eigenvalue weighted by atomic mass is 10.1. The van der Waals surface area contributed by atoms with Gasteiger partial charge in [-0.3, -0.25) is 4.79 Å². The van der Waals surface area contributed by atoms with E-state index in [9.17, 15) is 9.59 Å². The van der Waals surface area contributed by atoms with Gasteiger partial charge in [0.05, 0.1) is 17.1 Å². The molecular weight excluding hydrogens is 277 g/mol. The number of halogens is 2. The summed E-state index contributed by atoms with van der Waals surface area (Å²) in [5.74, 6) is -0.607. The fourth-order valence-electron chi connectivity index (χ4n) is 2.39. The van der Waals surface area contributed by atoms with Crippen LogP contribution in [0.5, 0.6) is 0 Å². The molecule has 2 aliphatic rings. The molecule has 2 fully saturated rings. The van der Waals surface area contributed by atoms with Crippen LogP contribution in [0.1, 0.15) is 16.8 Å². The zero-order valence-electron chi connectivity index (χ0n) is 9.23. The first kappa shape index (κ1) is 11.8. The Bertz CT molecular complexity index is 546. The lowest BCUT2D eigenvalue weighted by Crippen LogP contribution is -2.44. The quantitative estimate of drug-likeness (QED) is 0.743. The van der Waals surface area contributed by atoms with Gasteiger partial charge in [0.15, 0.2) is 0 Å². The van der Waals surface area contributed by atoms with E-state index in [0.29, 0.717) is 28.6 Å². The maximum Gasteiger partial charge on any atom is 0.329 e. The van der Waals surface area contributed by atoms with Crippen molar-refractivity contribution in [2.45, 2.75) is 18.6 Å². The Hall–Kier alpha value is -1.26. The number of amides is 1. The van der Waals surface area contributed by atoms with Crippen LogP contribution in [0.2, 0.25) is 10.0 Å². The highest BCUT2D eigenvalue weighted by Gasteiger charge is 2.48. The van der Waals surface area contributed by atoms with Crippen molar-refractivity contribution < 1.29 is 14.3 Å². The van der Waals surface area contributed by atoms with Crippen molar-refractivity contribution in [3.63, 3.8) is 0 Å². The Kier molecular flexibility index (Phi) is 2.72. The van der Waals surface area contributed by atoms with Gasteiger partial charge < -0.3 is 9.64 Å². The molecule has 6 heteroatoms. The summed E-state index contributed by atoms with van der Waals surface area (Å²) in [5, 5.41) is 0.773. The van der Waals surface area contributed by atoms with E-state index in [2.05, 4.69) is 0 Å². The predicted molar refractivity (Wildman–Crippen MR) is 65.8 cm³/mol. The van der Waals surface area contributed by atoms with Gasteiger partial charge in [0, 0.05) is 11.4 Å². The molecule has 2 atom stereocenters. The van der Waals surface area contributed by atoms with Crippen LogP contribution < -0.4 is 0 Å². The fraction of sp³-hybridized carbons (Fsp3) is 0.333. The van der Waals surface area contributed by atoms with Gasteiger partial charge in [0.25, 0.3) is 5.91 Å². The van der Waals surface area contributed by atoms with Gasteiger partial charge >= 0.3 is 5.97 Å². The second kappa shape index (κ2) is 4.14. The summed E-state index contributed by atoms with van der Waals surface area (Å²) in [6.45, 7) is 0.429. The Morgan fingerprint density at radius 2 is 2.17 bits per heavy atom. The van der Waals surface area contributed by atoms with Crippen LogP contribution in [-0.4, -0.2) is 35.5 Å². The second-order valence-electron chi connectivity index (χ2n) is 4.39. The van der Waals surface area contributed by atoms with Gasteiger partial charge in [-0.1, -0.05) is 23.2 Å². The summed E-state index contributed by atoms with van der Waals surface area (Å²) in [7, 11) is 0. The van der Waals surface area contributed by atoms with Crippen molar-refractivity contribution >= 4 is 35.1 Å². The maximum absolute atomic E-state index is 12.3. The van der Waals surface area contributed by atoms with Gasteiger partial charge in [-0.2, -0.15) is 0 Å². The summed E-state index contributed by atoms with van der Waals surface area (Å²) in [4.78, 5) is 25.3. The van der Waals surface area contributed by atoms with Crippen molar-refractivity contribution in [1.29, 1.82) is 0 Å². The Balaban J connectivity index is 1.91. The van der Waals surface area contributed by atoms with Crippen molar-refractivity contribution in [2.24, 2.45) is 0 Å². The maximum atomic E-state index is 12.3. The van der Waals surface area contributed by atoms with E-state index in [1.807, 2.05) is 0 Å². The van der Waals surface area contributed by atoms with E-state index in [1.54, 1.807) is 12.1 Å². The number of likely N-dealkylation sites (tertiary alicyclic amines) is 1. The lowest BCUT2D eigenvalue weighted by molar-refractivity contribution is -0.149. The average molecular weight is 286 g/mol. The average Bonchev–Trinajstić information content (AvgIpc) is 2.90. The fourth-order valence-corrected chi connectivity index (χ4v) is 2.76. The first-order valence-corrected chi connectivity index (χ1v) is 6.28. The number of nitrogens with zero attached hydrogens (tertiary/aromatic N) is 1. The molecular formula is C12H9Cl2NO3. The molecule has 2 aliphatic heterocycles. The molecule has 2 saturated heterocycles. The highest BCUT2D eigenvalue weighted by atomic mass is 35.5. The molecule has 0 spiro atoms. The second-order valence-corrected chi connectivity index (χ2v) is 5.24. The van der Waals surface area contributed by atoms with Crippen LogP contribution in [-0.2, 0) is 9.53 Å². The van der Waals surface area contributed by atoms with Crippen LogP contribution >= 0.6 is 23.2 Å². The van der Waals surface area contributed by atoms with Crippen LogP contribution in [0.4, 0.5) is 0 Å². The first-order valence-electron chi connectivity index (χ1n) is 5.53. The van der Waals surface area contributed by atoms with Crippen LogP contribution in [0.15, 0.2) is 18.2 Å². The Morgan fingerprint density at radius 1 is 1.39 bits per heavy atom. The summed E-state index contributed by atoms with van der Waals surface area (Å²) < 4.78 is 5.04. The summed E-state index contributed by atoms with van der Waals surface area (Å²) in [5.41, 5.74) is 0.324. The predicted octanol–water partition coefficient (Wildman–Crippen LogP) is 2.13. The molecule has 2 bridgehead atoms. The third kappa shape index (κ3) is 1.76. The van der Waals surface area contributed by atoms with Crippen LogP contribution in [0.25, 0.3) is 0 Å². The first-order chi connectivity index (χ1) is 8.56. The van der Waals surface area contributed by atoms with Crippen LogP contribution in [0, 0.1) is 0 Å². The summed E-state index contributed by atoms with van der Waals surface area (Å²) in [6.07, 6.45) is 0.396. The largest absolute Gasteiger partial charge is 0.459 e. The van der Waals surface area contributed by atoms with Gasteiger partial charge in [0.1, 0.15) is 12.1 Å². The molecule has 1 aromatic rings. The van der Waals surface area contributed by atoms with Crippen LogP contribution in [0.3, 0.4) is 0 Å². The standard InChI is InChI=1S/C12H9Cl2NO3/c13-6-1-2-9(14)8(3-6)11(16)15-5-7-4-10(15)12(17)18-7/h1-3,7,10H,4-5H2/t7-,10-/m1/s1. The molecule has 94 valence electrons. The van der Waals surface area contributed by atoms with Crippen molar-refractivity contribution in [3.8, 4) is 0 Å². The highest BCUT2D eigenvalue weighted by molar-refractivity contribution is 6.35. The summed E-state index contributed by atoms with van der Waals surface area (Å²) in [6, 6.07) is 4.23. The molecule has 0 aromatic heterocycles. The van der Waals surface area contributed by atoms with E-state index < -0.39 is 6.04 Å². The topological polar surface area (TPSA) is 46.6 Å². The number of hydrogen-bond acceptors (Lipinski definition) is 3. The van der Waals surface area contributed by atoms with Crippen molar-refractivity contribution in [2.75, 3.05) is 6.54 Å². The Morgan fingerprint density at radius 3 is 2.83 bits per heavy atom. The number of morpholine rings is 1. The Labute approximate surface area is 113 Å². The van der Waals surface area contributed by atoms with E-state index in [1.165, 1.54) is 11.0 Å². The van der Waals surface area contributed by atoms with Crippen molar-refractivity contribution in [3.05, 3.63) is 33.8 Å². The third-order valence-electron chi connectivity index (χ3n) is 3.24. The SMILES string of the molecule is O=C1O[C@@H]2C[C@H]1N(C(=O)c1cc(Cl)ccc1Cl)C2. The minimum absolute atomic E-state index is 0.176. The zero-order valence-corrected chi connectivity index (χ0v) is 10.7. The summed E-state index contributed by atoms with van der Waals surface area (Å²) >= 11 is 11.8. The molecule has 4 nitrogen and oxygen atoms in total. The minimum Gasteiger partial charge on any atom is -0.459 e. The molecule has 0 aliphatic carbocycles. The van der Waals surface area contributed by atoms with Gasteiger partial charge in [-0.15, -0.1) is 0 Å². The molecule has 0 radical (unpaired) electrons. The number of ether oxygens (including phenoxy) is 1. The number of carbonyl (C=O) groups is 2. The van der Waals surface area contributed by atoms with E-state index in [0.717, 1.165) is 0 Å². The molecule has 3 rings (SSSR count). The van der Waals surface area contributed by atoms with Gasteiger partial charge in [-0.05, 0) is 18.2 Å². The minimum atomic E-state index is -0.474. The molecule has 18 heavy (non-hydrogen) atoms. The van der Waals surface area contributed by atoms with E-state index >= 15 is 0 Å². The smallest absolute Gasteiger partial charge is 0.329 e. The van der Waals surface area contributed by atoms with E-state index in [-0.39, 0.29) is 18.0 Å². The zero-order chi connectivity index (χ0) is 12.9. The molecule has 1 amide bonds. The number of hydrogen-bond donors (Lipinski definition) is 0. The normalized spacial score (nSPS) is 25.4. The molecule has 2 heterocycles. The number of rotatable bonds is 1. The monoisotopic (exact) mass is 285 g/mol. The lowest BCUT2D eigenvalue weighted by Gasteiger charge is -2.26. The third-order valence-corrected chi connectivity index (χ3v) is 3.80. The number of esters is 1. The molecule has 0 saturated carbocycles. The molecule has 1 aromatic carbocycles. The number of benzene rings is 1. The van der Waals surface area contributed by atoms with Gasteiger partial charge in [0.2, 0.25) is 0 Å². The van der Waals surface area contributed by atoms with Crippen molar-refractivity contribution in [1.82, 2.24) is 4.90 Å². The number of fused-ring (bicyclic) bond motifs is 2. The molecule has 0 unspecified atom stereocenters.